The lowest BCUT2D eigenvalue weighted by Crippen LogP contribution is -2.50. The molecule has 1 saturated carbocycles. The summed E-state index contributed by atoms with van der Waals surface area (Å²) in [6, 6.07) is 0.155. The van der Waals surface area contributed by atoms with E-state index in [0.29, 0.717) is 32.5 Å². The van der Waals surface area contributed by atoms with Crippen LogP contribution in [0.3, 0.4) is 0 Å². The number of thiazole rings is 1. The number of hydrogen-bond donors (Lipinski definition) is 0. The van der Waals surface area contributed by atoms with Crippen molar-refractivity contribution in [1.29, 1.82) is 0 Å². The average molecular weight is 325 g/mol. The first-order chi connectivity index (χ1) is 10.5. The maximum absolute atomic E-state index is 14.0. The van der Waals surface area contributed by atoms with Gasteiger partial charge in [-0.3, -0.25) is 9.69 Å². The molecule has 0 spiro atoms. The summed E-state index contributed by atoms with van der Waals surface area (Å²) in [6.45, 7) is 5.36. The fourth-order valence-corrected chi connectivity index (χ4v) is 4.02. The minimum atomic E-state index is -1.58. The summed E-state index contributed by atoms with van der Waals surface area (Å²) in [4.78, 5) is 20.7. The number of ether oxygens (including phenoxy) is 1. The molecule has 2 aliphatic heterocycles. The second-order valence-corrected chi connectivity index (χ2v) is 7.54. The number of aromatic nitrogens is 1. The summed E-state index contributed by atoms with van der Waals surface area (Å²) in [5.41, 5.74) is -0.512. The first-order valence-electron chi connectivity index (χ1n) is 7.80. The van der Waals surface area contributed by atoms with Gasteiger partial charge >= 0.3 is 0 Å². The van der Waals surface area contributed by atoms with Gasteiger partial charge in [-0.15, -0.1) is 11.3 Å². The van der Waals surface area contributed by atoms with Crippen molar-refractivity contribution < 1.29 is 13.9 Å². The van der Waals surface area contributed by atoms with Crippen molar-refractivity contribution in [2.45, 2.75) is 44.1 Å². The molecule has 22 heavy (non-hydrogen) atoms. The maximum Gasteiger partial charge on any atom is 0.260 e. The largest absolute Gasteiger partial charge is 0.373 e. The smallest absolute Gasteiger partial charge is 0.260 e. The van der Waals surface area contributed by atoms with E-state index >= 15 is 0 Å². The molecular weight excluding hydrogens is 305 g/mol. The Morgan fingerprint density at radius 1 is 1.55 bits per heavy atom. The fourth-order valence-electron chi connectivity index (χ4n) is 3.42. The van der Waals surface area contributed by atoms with Crippen LogP contribution in [-0.2, 0) is 16.1 Å². The highest BCUT2D eigenvalue weighted by Crippen LogP contribution is 2.42. The van der Waals surface area contributed by atoms with E-state index in [1.807, 2.05) is 6.92 Å². The second kappa shape index (κ2) is 5.25. The minimum absolute atomic E-state index is 0.000201. The molecule has 0 radical (unpaired) electrons. The maximum atomic E-state index is 14.0. The first kappa shape index (κ1) is 14.5. The van der Waals surface area contributed by atoms with Gasteiger partial charge in [-0.05, 0) is 19.8 Å². The molecule has 1 amide bonds. The van der Waals surface area contributed by atoms with Gasteiger partial charge in [0.25, 0.3) is 5.91 Å². The van der Waals surface area contributed by atoms with Crippen molar-refractivity contribution in [3.8, 4) is 0 Å². The van der Waals surface area contributed by atoms with E-state index < -0.39 is 5.67 Å². The number of carbonyl (C=O) groups is 1. The van der Waals surface area contributed by atoms with Crippen molar-refractivity contribution in [2.75, 3.05) is 26.2 Å². The van der Waals surface area contributed by atoms with E-state index in [-0.39, 0.29) is 18.1 Å². The molecule has 3 heterocycles. The summed E-state index contributed by atoms with van der Waals surface area (Å²) >= 11 is 1.65. The molecule has 0 N–H and O–H groups in total. The number of fused-ring (bicyclic) bond motifs is 1. The van der Waals surface area contributed by atoms with Crippen molar-refractivity contribution >= 4 is 17.2 Å². The second-order valence-electron chi connectivity index (χ2n) is 6.48. The van der Waals surface area contributed by atoms with Crippen LogP contribution in [0.15, 0.2) is 5.38 Å². The Morgan fingerprint density at radius 2 is 2.36 bits per heavy atom. The Labute approximate surface area is 133 Å². The lowest BCUT2D eigenvalue weighted by Gasteiger charge is -2.36. The van der Waals surface area contributed by atoms with Gasteiger partial charge in [-0.1, -0.05) is 0 Å². The van der Waals surface area contributed by atoms with Gasteiger partial charge in [0.15, 0.2) is 5.67 Å². The normalized spacial score (nSPS) is 30.4. The van der Waals surface area contributed by atoms with E-state index in [4.69, 9.17) is 4.74 Å². The summed E-state index contributed by atoms with van der Waals surface area (Å²) in [7, 11) is 0. The van der Waals surface area contributed by atoms with E-state index in [1.54, 1.807) is 16.2 Å². The van der Waals surface area contributed by atoms with Crippen LogP contribution in [-0.4, -0.2) is 64.7 Å². The van der Waals surface area contributed by atoms with Gasteiger partial charge in [0.1, 0.15) is 0 Å². The Balaban J connectivity index is 1.45. The Morgan fingerprint density at radius 3 is 3.05 bits per heavy atom. The summed E-state index contributed by atoms with van der Waals surface area (Å²) in [6.07, 6.45) is 0.750. The number of carbonyl (C=O) groups excluding carboxylic acids is 1. The van der Waals surface area contributed by atoms with E-state index in [1.165, 1.54) is 0 Å². The zero-order valence-corrected chi connectivity index (χ0v) is 13.4. The molecule has 0 bridgehead atoms. The predicted octanol–water partition coefficient (Wildman–Crippen LogP) is 1.37. The summed E-state index contributed by atoms with van der Waals surface area (Å²) < 4.78 is 19.8. The van der Waals surface area contributed by atoms with Crippen LogP contribution in [0, 0.1) is 6.92 Å². The standard InChI is InChI=1S/C15H20FN3O2S/c1-10-17-11(9-22-10)6-18-4-5-21-13-8-19(7-12(13)18)14(20)15(16)2-3-15/h9,12-13H,2-8H2,1H3/t12-,13+/m1/s1. The van der Waals surface area contributed by atoms with Crippen molar-refractivity contribution in [3.05, 3.63) is 16.1 Å². The molecular formula is C15H20FN3O2S. The quantitative estimate of drug-likeness (QED) is 0.842. The summed E-state index contributed by atoms with van der Waals surface area (Å²) in [5.74, 6) is -0.338. The lowest BCUT2D eigenvalue weighted by atomic mass is 10.1. The van der Waals surface area contributed by atoms with Crippen molar-refractivity contribution in [1.82, 2.24) is 14.8 Å². The Kier molecular flexibility index (Phi) is 3.47. The highest BCUT2D eigenvalue weighted by Gasteiger charge is 2.55. The molecule has 5 nitrogen and oxygen atoms in total. The fraction of sp³-hybridized carbons (Fsp3) is 0.733. The molecule has 120 valence electrons. The third kappa shape index (κ3) is 2.55. The van der Waals surface area contributed by atoms with Crippen LogP contribution in [0.4, 0.5) is 4.39 Å². The molecule has 1 aromatic heterocycles. The van der Waals surface area contributed by atoms with E-state index in [0.717, 1.165) is 23.8 Å². The number of halogens is 1. The van der Waals surface area contributed by atoms with Gasteiger partial charge in [0, 0.05) is 31.6 Å². The molecule has 1 aromatic rings. The lowest BCUT2D eigenvalue weighted by molar-refractivity contribution is -0.137. The predicted molar refractivity (Wildman–Crippen MR) is 80.4 cm³/mol. The molecule has 0 aromatic carbocycles. The number of nitrogens with zero attached hydrogens (tertiary/aromatic N) is 3. The SMILES string of the molecule is Cc1nc(CN2CCO[C@H]3CN(C(=O)C4(F)CC4)C[C@H]32)cs1. The molecule has 3 fully saturated rings. The van der Waals surface area contributed by atoms with Gasteiger partial charge in [-0.2, -0.15) is 0 Å². The van der Waals surface area contributed by atoms with Crippen molar-refractivity contribution in [2.24, 2.45) is 0 Å². The monoisotopic (exact) mass is 325 g/mol. The molecule has 4 rings (SSSR count). The number of likely N-dealkylation sites (tertiary alicyclic amines) is 1. The minimum Gasteiger partial charge on any atom is -0.373 e. The Hall–Kier alpha value is -1.05. The molecule has 1 aliphatic carbocycles. The highest BCUT2D eigenvalue weighted by molar-refractivity contribution is 7.09. The van der Waals surface area contributed by atoms with Crippen LogP contribution in [0.2, 0.25) is 0 Å². The van der Waals surface area contributed by atoms with Gasteiger partial charge in [-0.25, -0.2) is 9.37 Å². The van der Waals surface area contributed by atoms with Gasteiger partial charge in [0.05, 0.1) is 29.5 Å². The molecule has 7 heteroatoms. The average Bonchev–Trinajstić information content (AvgIpc) is 2.93. The zero-order valence-electron chi connectivity index (χ0n) is 12.6. The Bertz CT molecular complexity index is 589. The van der Waals surface area contributed by atoms with Crippen LogP contribution < -0.4 is 0 Å². The zero-order chi connectivity index (χ0) is 15.3. The number of morpholine rings is 1. The number of hydrogen-bond acceptors (Lipinski definition) is 5. The first-order valence-corrected chi connectivity index (χ1v) is 8.68. The molecule has 2 saturated heterocycles. The van der Waals surface area contributed by atoms with Gasteiger partial charge in [0.2, 0.25) is 0 Å². The summed E-state index contributed by atoms with van der Waals surface area (Å²) in [5, 5.41) is 3.15. The molecule has 2 atom stereocenters. The van der Waals surface area contributed by atoms with Crippen LogP contribution in [0.25, 0.3) is 0 Å². The number of aryl methyl sites for hydroxylation is 1. The van der Waals surface area contributed by atoms with Crippen LogP contribution in [0.5, 0.6) is 0 Å². The van der Waals surface area contributed by atoms with Crippen LogP contribution in [0.1, 0.15) is 23.5 Å². The topological polar surface area (TPSA) is 45.7 Å². The van der Waals surface area contributed by atoms with E-state index in [9.17, 15) is 9.18 Å². The molecule has 0 unspecified atom stereocenters. The van der Waals surface area contributed by atoms with Crippen LogP contribution >= 0.6 is 11.3 Å². The highest BCUT2D eigenvalue weighted by atomic mass is 32.1. The number of rotatable bonds is 3. The van der Waals surface area contributed by atoms with Crippen molar-refractivity contribution in [3.63, 3.8) is 0 Å². The number of alkyl halides is 1. The third-order valence-corrected chi connectivity index (χ3v) is 5.63. The van der Waals surface area contributed by atoms with Gasteiger partial charge < -0.3 is 9.64 Å². The van der Waals surface area contributed by atoms with E-state index in [2.05, 4.69) is 15.3 Å². The molecule has 3 aliphatic rings. The third-order valence-electron chi connectivity index (χ3n) is 4.81. The number of amides is 1.